The molecule has 0 unspecified atom stereocenters. The van der Waals surface area contributed by atoms with Gasteiger partial charge >= 0.3 is 0 Å². The molecule has 3 heteroatoms. The zero-order chi connectivity index (χ0) is 10.1. The molecule has 0 radical (unpaired) electrons. The number of hydrogen-bond acceptors (Lipinski definition) is 2. The van der Waals surface area contributed by atoms with E-state index >= 15 is 0 Å². The lowest BCUT2D eigenvalue weighted by Gasteiger charge is -2.02. The quantitative estimate of drug-likeness (QED) is 0.804. The predicted octanol–water partition coefficient (Wildman–Crippen LogP) is 2.55. The zero-order valence-corrected chi connectivity index (χ0v) is 9.14. The smallest absolute Gasteiger partial charge is 0.0699 e. The molecule has 0 aliphatic heterocycles. The van der Waals surface area contributed by atoms with Gasteiger partial charge in [-0.05, 0) is 30.0 Å². The fourth-order valence-electron chi connectivity index (χ4n) is 1.58. The van der Waals surface area contributed by atoms with Gasteiger partial charge < -0.3 is 9.67 Å². The molecule has 1 N–H and O–H groups in total. The highest BCUT2D eigenvalue weighted by Gasteiger charge is 2.09. The van der Waals surface area contributed by atoms with Crippen LogP contribution in [0.2, 0.25) is 0 Å². The third kappa shape index (κ3) is 1.38. The van der Waals surface area contributed by atoms with E-state index in [1.54, 1.807) is 11.3 Å². The molecule has 2 heterocycles. The maximum atomic E-state index is 9.14. The highest BCUT2D eigenvalue weighted by molar-refractivity contribution is 7.13. The van der Waals surface area contributed by atoms with Crippen LogP contribution in [0.4, 0.5) is 0 Å². The van der Waals surface area contributed by atoms with Crippen molar-refractivity contribution in [3.8, 4) is 10.6 Å². The van der Waals surface area contributed by atoms with Gasteiger partial charge in [0.15, 0.2) is 0 Å². The Morgan fingerprint density at radius 3 is 2.79 bits per heavy atom. The van der Waals surface area contributed by atoms with E-state index in [1.807, 2.05) is 20.0 Å². The van der Waals surface area contributed by atoms with E-state index in [2.05, 4.69) is 22.1 Å². The molecule has 2 nitrogen and oxygen atoms in total. The number of thiophene rings is 1. The molecular weight excluding hydrogens is 194 g/mol. The lowest BCUT2D eigenvalue weighted by molar-refractivity contribution is 0.281. The summed E-state index contributed by atoms with van der Waals surface area (Å²) in [6.45, 7) is 2.15. The highest BCUT2D eigenvalue weighted by atomic mass is 32.1. The molecule has 0 atom stereocenters. The van der Waals surface area contributed by atoms with E-state index in [9.17, 15) is 0 Å². The molecule has 0 saturated carbocycles. The van der Waals surface area contributed by atoms with Gasteiger partial charge in [-0.3, -0.25) is 0 Å². The summed E-state index contributed by atoms with van der Waals surface area (Å²) < 4.78 is 2.12. The molecule has 0 aliphatic carbocycles. The molecule has 0 saturated heterocycles. The summed E-state index contributed by atoms with van der Waals surface area (Å²) in [5.74, 6) is 0. The summed E-state index contributed by atoms with van der Waals surface area (Å²) in [6, 6.07) is 6.20. The van der Waals surface area contributed by atoms with Crippen LogP contribution in [-0.2, 0) is 13.7 Å². The molecular formula is C11H13NOS. The Bertz CT molecular complexity index is 428. The Balaban J connectivity index is 2.55. The third-order valence-corrected chi connectivity index (χ3v) is 3.48. The van der Waals surface area contributed by atoms with Crippen LogP contribution in [-0.4, -0.2) is 9.67 Å². The van der Waals surface area contributed by atoms with E-state index in [-0.39, 0.29) is 6.61 Å². The first-order valence-electron chi connectivity index (χ1n) is 4.54. The van der Waals surface area contributed by atoms with E-state index < -0.39 is 0 Å². The van der Waals surface area contributed by atoms with Gasteiger partial charge in [0, 0.05) is 12.7 Å². The summed E-state index contributed by atoms with van der Waals surface area (Å²) in [6.07, 6.45) is 0. The van der Waals surface area contributed by atoms with Crippen molar-refractivity contribution >= 4 is 11.3 Å². The molecule has 2 aromatic heterocycles. The van der Waals surface area contributed by atoms with Crippen LogP contribution in [0.15, 0.2) is 23.6 Å². The fourth-order valence-corrected chi connectivity index (χ4v) is 2.36. The van der Waals surface area contributed by atoms with Crippen molar-refractivity contribution in [3.63, 3.8) is 0 Å². The minimum atomic E-state index is 0.116. The Hall–Kier alpha value is -1.06. The summed E-state index contributed by atoms with van der Waals surface area (Å²) in [4.78, 5) is 1.25. The van der Waals surface area contributed by atoms with E-state index in [0.717, 1.165) is 11.3 Å². The van der Waals surface area contributed by atoms with Crippen LogP contribution >= 0.6 is 11.3 Å². The van der Waals surface area contributed by atoms with Gasteiger partial charge in [0.25, 0.3) is 0 Å². The zero-order valence-electron chi connectivity index (χ0n) is 8.32. The van der Waals surface area contributed by atoms with Gasteiger partial charge in [-0.2, -0.15) is 0 Å². The minimum absolute atomic E-state index is 0.116. The van der Waals surface area contributed by atoms with Crippen molar-refractivity contribution in [2.75, 3.05) is 0 Å². The summed E-state index contributed by atoms with van der Waals surface area (Å²) >= 11 is 1.72. The monoisotopic (exact) mass is 207 g/mol. The van der Waals surface area contributed by atoms with Crippen molar-refractivity contribution in [2.24, 2.45) is 7.05 Å². The molecule has 0 spiro atoms. The summed E-state index contributed by atoms with van der Waals surface area (Å²) in [7, 11) is 2.03. The fraction of sp³-hybridized carbons (Fsp3) is 0.273. The van der Waals surface area contributed by atoms with Gasteiger partial charge in [-0.1, -0.05) is 6.07 Å². The van der Waals surface area contributed by atoms with Crippen LogP contribution in [0.5, 0.6) is 0 Å². The van der Waals surface area contributed by atoms with Crippen molar-refractivity contribution in [1.29, 1.82) is 0 Å². The first kappa shape index (κ1) is 9.49. The molecule has 0 fully saturated rings. The van der Waals surface area contributed by atoms with Crippen LogP contribution in [0.3, 0.4) is 0 Å². The van der Waals surface area contributed by atoms with Gasteiger partial charge in [0.05, 0.1) is 17.2 Å². The number of nitrogens with zero attached hydrogens (tertiary/aromatic N) is 1. The highest BCUT2D eigenvalue weighted by Crippen LogP contribution is 2.28. The van der Waals surface area contributed by atoms with Crippen molar-refractivity contribution in [3.05, 3.63) is 34.8 Å². The summed E-state index contributed by atoms with van der Waals surface area (Å²) in [5, 5.41) is 11.2. The Kier molecular flexibility index (Phi) is 2.44. The van der Waals surface area contributed by atoms with Gasteiger partial charge in [0.1, 0.15) is 0 Å². The first-order chi connectivity index (χ1) is 6.74. The van der Waals surface area contributed by atoms with E-state index in [4.69, 9.17) is 5.11 Å². The summed E-state index contributed by atoms with van der Waals surface area (Å²) in [5.41, 5.74) is 3.33. The van der Waals surface area contributed by atoms with Crippen LogP contribution in [0.25, 0.3) is 10.6 Å². The molecule has 2 aromatic rings. The van der Waals surface area contributed by atoms with Gasteiger partial charge in [0.2, 0.25) is 0 Å². The predicted molar refractivity (Wildman–Crippen MR) is 59.4 cm³/mol. The standard InChI is InChI=1S/C11H13NOS/c1-8-9(7-13)6-10(12(8)2)11-4-3-5-14-11/h3-6,13H,7H2,1-2H3. The second-order valence-electron chi connectivity index (χ2n) is 3.33. The number of hydrogen-bond donors (Lipinski definition) is 1. The van der Waals surface area contributed by atoms with Crippen LogP contribution in [0, 0.1) is 6.92 Å². The molecule has 0 aliphatic rings. The molecule has 2 rings (SSSR count). The van der Waals surface area contributed by atoms with Crippen molar-refractivity contribution < 1.29 is 5.11 Å². The maximum absolute atomic E-state index is 9.14. The van der Waals surface area contributed by atoms with E-state index in [1.165, 1.54) is 10.6 Å². The van der Waals surface area contributed by atoms with Gasteiger partial charge in [-0.25, -0.2) is 0 Å². The number of aromatic nitrogens is 1. The average molecular weight is 207 g/mol. The second kappa shape index (κ2) is 3.59. The first-order valence-corrected chi connectivity index (χ1v) is 5.42. The van der Waals surface area contributed by atoms with E-state index in [0.29, 0.717) is 0 Å². The topological polar surface area (TPSA) is 25.2 Å². The molecule has 74 valence electrons. The third-order valence-electron chi connectivity index (χ3n) is 2.58. The number of rotatable bonds is 2. The molecule has 0 bridgehead atoms. The number of aliphatic hydroxyl groups excluding tert-OH is 1. The normalized spacial score (nSPS) is 10.8. The SMILES string of the molecule is Cc1c(CO)cc(-c2cccs2)n1C. The maximum Gasteiger partial charge on any atom is 0.0699 e. The van der Waals surface area contributed by atoms with Gasteiger partial charge in [-0.15, -0.1) is 11.3 Å². The van der Waals surface area contributed by atoms with Crippen LogP contribution in [0.1, 0.15) is 11.3 Å². The average Bonchev–Trinajstić information content (AvgIpc) is 2.78. The lowest BCUT2D eigenvalue weighted by atomic mass is 10.2. The lowest BCUT2D eigenvalue weighted by Crippen LogP contribution is -1.94. The molecule has 0 amide bonds. The van der Waals surface area contributed by atoms with Crippen molar-refractivity contribution in [2.45, 2.75) is 13.5 Å². The van der Waals surface area contributed by atoms with Crippen molar-refractivity contribution in [1.82, 2.24) is 4.57 Å². The molecule has 14 heavy (non-hydrogen) atoms. The largest absolute Gasteiger partial charge is 0.392 e. The minimum Gasteiger partial charge on any atom is -0.392 e. The Morgan fingerprint density at radius 1 is 1.50 bits per heavy atom. The number of aliphatic hydroxyl groups is 1. The Morgan fingerprint density at radius 2 is 2.29 bits per heavy atom. The van der Waals surface area contributed by atoms with Crippen LogP contribution < -0.4 is 0 Å². The second-order valence-corrected chi connectivity index (χ2v) is 4.28. The Labute approximate surface area is 87.4 Å². The molecule has 0 aromatic carbocycles.